The van der Waals surface area contributed by atoms with Crippen molar-refractivity contribution in [2.24, 2.45) is 0 Å². The number of benzene rings is 1. The molecule has 1 aromatic heterocycles. The van der Waals surface area contributed by atoms with Gasteiger partial charge in [0.25, 0.3) is 0 Å². The molecule has 0 spiro atoms. The molecule has 0 aliphatic heterocycles. The minimum atomic E-state index is -4.94. The molecule has 0 N–H and O–H groups in total. The minimum absolute atomic E-state index is 0.151. The largest absolute Gasteiger partial charge is 0.236 e. The lowest BCUT2D eigenvalue weighted by atomic mass is 9.95. The molecule has 0 atom stereocenters. The minimum Gasteiger partial charge on any atom is -0.236 e. The lowest BCUT2D eigenvalue weighted by Crippen LogP contribution is -2.68. The fourth-order valence-corrected chi connectivity index (χ4v) is 3.08. The third kappa shape index (κ3) is 4.99. The van der Waals surface area contributed by atoms with Crippen LogP contribution in [0.3, 0.4) is 0 Å². The first-order valence-corrected chi connectivity index (χ1v) is 8.87. The predicted octanol–water partition coefficient (Wildman–Crippen LogP) is -0.703. The predicted molar refractivity (Wildman–Crippen MR) is 71.0 cm³/mol. The third-order valence-corrected chi connectivity index (χ3v) is 4.35. The first kappa shape index (κ1) is 18.8. The van der Waals surface area contributed by atoms with Crippen LogP contribution < -0.4 is 23.4 Å². The van der Waals surface area contributed by atoms with E-state index in [1.165, 1.54) is 37.8 Å². The van der Waals surface area contributed by atoms with Gasteiger partial charge in [-0.15, -0.1) is 10.2 Å². The van der Waals surface area contributed by atoms with Gasteiger partial charge in [0.1, 0.15) is 5.82 Å². The molecule has 0 radical (unpaired) electrons. The van der Waals surface area contributed by atoms with E-state index in [-0.39, 0.29) is 11.4 Å². The first-order valence-electron chi connectivity index (χ1n) is 7.64. The molecule has 8 heteroatoms. The number of rotatable bonds is 3. The molecule has 3 rings (SSSR count). The van der Waals surface area contributed by atoms with Crippen molar-refractivity contribution in [1.29, 1.82) is 0 Å². The highest BCUT2D eigenvalue weighted by molar-refractivity contribution is 5.55. The SMILES string of the molecule is CCC1([n+]2ccc(-c3ccc(F)cc3)o2)CCCC1.[O-][Cl+3]([O-])([O-])[O-]. The molecule has 0 unspecified atom stereocenters. The summed E-state index contributed by atoms with van der Waals surface area (Å²) >= 11 is 0. The van der Waals surface area contributed by atoms with Crippen LogP contribution >= 0.6 is 0 Å². The van der Waals surface area contributed by atoms with E-state index in [0.717, 1.165) is 17.7 Å². The fourth-order valence-electron chi connectivity index (χ4n) is 3.08. The molecule has 6 nitrogen and oxygen atoms in total. The lowest BCUT2D eigenvalue weighted by Gasteiger charge is -2.17. The van der Waals surface area contributed by atoms with Gasteiger partial charge in [-0.05, 0) is 41.8 Å². The summed E-state index contributed by atoms with van der Waals surface area (Å²) in [6, 6.07) is 8.42. The van der Waals surface area contributed by atoms with Gasteiger partial charge in [-0.2, -0.15) is 0 Å². The van der Waals surface area contributed by atoms with Crippen LogP contribution in [0.4, 0.5) is 4.39 Å². The Balaban J connectivity index is 0.000000368. The number of aromatic nitrogens is 1. The van der Waals surface area contributed by atoms with Crippen LogP contribution in [0.2, 0.25) is 0 Å². The summed E-state index contributed by atoms with van der Waals surface area (Å²) in [5, 5.41) is 0. The van der Waals surface area contributed by atoms with Gasteiger partial charge in [0.15, 0.2) is 0 Å². The van der Waals surface area contributed by atoms with E-state index >= 15 is 0 Å². The Bertz CT molecular complexity index is 641. The average molecular weight is 360 g/mol. The topological polar surface area (TPSA) is 109 Å². The summed E-state index contributed by atoms with van der Waals surface area (Å²) in [5.41, 5.74) is 1.07. The first-order chi connectivity index (χ1) is 11.2. The van der Waals surface area contributed by atoms with Crippen LogP contribution in [0.25, 0.3) is 11.3 Å². The van der Waals surface area contributed by atoms with Crippen molar-refractivity contribution in [3.8, 4) is 11.3 Å². The molecule has 1 aromatic carbocycles. The van der Waals surface area contributed by atoms with E-state index in [9.17, 15) is 4.39 Å². The van der Waals surface area contributed by atoms with Crippen LogP contribution in [0.1, 0.15) is 39.0 Å². The Labute approximate surface area is 141 Å². The van der Waals surface area contributed by atoms with E-state index in [2.05, 4.69) is 6.92 Å². The molecule has 0 amide bonds. The summed E-state index contributed by atoms with van der Waals surface area (Å²) < 4.78 is 54.9. The van der Waals surface area contributed by atoms with Crippen molar-refractivity contribution in [1.82, 2.24) is 0 Å². The van der Waals surface area contributed by atoms with Crippen molar-refractivity contribution in [3.05, 3.63) is 42.3 Å². The molecule has 132 valence electrons. The molecule has 24 heavy (non-hydrogen) atoms. The van der Waals surface area contributed by atoms with Crippen LogP contribution in [0, 0.1) is 16.1 Å². The highest BCUT2D eigenvalue weighted by Crippen LogP contribution is 2.35. The zero-order chi connectivity index (χ0) is 17.8. The van der Waals surface area contributed by atoms with Gasteiger partial charge in [0, 0.05) is 24.8 Å². The number of hydrogen-bond acceptors (Lipinski definition) is 5. The van der Waals surface area contributed by atoms with Crippen molar-refractivity contribution >= 4 is 0 Å². The van der Waals surface area contributed by atoms with Crippen LogP contribution in [-0.4, -0.2) is 0 Å². The van der Waals surface area contributed by atoms with E-state index in [4.69, 9.17) is 23.2 Å². The number of halogens is 2. The van der Waals surface area contributed by atoms with Gasteiger partial charge in [-0.25, -0.2) is 27.5 Å². The molecule has 1 saturated carbocycles. The summed E-state index contributed by atoms with van der Waals surface area (Å²) in [6.45, 7) is 2.22. The van der Waals surface area contributed by atoms with Gasteiger partial charge in [-0.3, -0.25) is 0 Å². The Morgan fingerprint density at radius 2 is 1.62 bits per heavy atom. The normalized spacial score (nSPS) is 16.6. The van der Waals surface area contributed by atoms with Crippen LogP contribution in [0.5, 0.6) is 0 Å². The van der Waals surface area contributed by atoms with E-state index in [1.54, 1.807) is 12.1 Å². The molecule has 1 aliphatic rings. The zero-order valence-corrected chi connectivity index (χ0v) is 14.0. The van der Waals surface area contributed by atoms with Crippen LogP contribution in [0.15, 0.2) is 41.1 Å². The number of hydrogen-bond donors (Lipinski definition) is 0. The Hall–Kier alpha value is -1.51. The average Bonchev–Trinajstić information content (AvgIpc) is 3.16. The van der Waals surface area contributed by atoms with Gasteiger partial charge in [0.2, 0.25) is 17.5 Å². The van der Waals surface area contributed by atoms with Gasteiger partial charge < -0.3 is 0 Å². The smallest absolute Gasteiger partial charge is 0.221 e. The molecular weight excluding hydrogens is 341 g/mol. The van der Waals surface area contributed by atoms with Gasteiger partial charge in [0.05, 0.1) is 6.07 Å². The Morgan fingerprint density at radius 1 is 1.08 bits per heavy atom. The zero-order valence-electron chi connectivity index (χ0n) is 13.2. The second-order valence-corrected chi connectivity index (χ2v) is 6.52. The van der Waals surface area contributed by atoms with Gasteiger partial charge in [-0.1, -0.05) is 6.92 Å². The highest BCUT2D eigenvalue weighted by Gasteiger charge is 2.44. The van der Waals surface area contributed by atoms with Crippen molar-refractivity contribution in [2.75, 3.05) is 0 Å². The maximum absolute atomic E-state index is 12.9. The van der Waals surface area contributed by atoms with E-state index < -0.39 is 10.2 Å². The summed E-state index contributed by atoms with van der Waals surface area (Å²) in [5.74, 6) is 0.587. The Morgan fingerprint density at radius 3 is 2.12 bits per heavy atom. The lowest BCUT2D eigenvalue weighted by molar-refractivity contribution is -2.00. The molecule has 0 saturated heterocycles. The quantitative estimate of drug-likeness (QED) is 0.673. The molecule has 1 fully saturated rings. The third-order valence-electron chi connectivity index (χ3n) is 4.35. The van der Waals surface area contributed by atoms with Crippen molar-refractivity contribution < 1.29 is 42.5 Å². The van der Waals surface area contributed by atoms with Crippen LogP contribution in [-0.2, 0) is 5.54 Å². The fraction of sp³-hybridized carbons (Fsp3) is 0.438. The maximum Gasteiger partial charge on any atom is 0.221 e. The summed E-state index contributed by atoms with van der Waals surface area (Å²) in [7, 11) is -4.94. The van der Waals surface area contributed by atoms with E-state index in [0.29, 0.717) is 0 Å². The second kappa shape index (κ2) is 7.58. The number of nitrogens with zero attached hydrogens (tertiary/aromatic N) is 1. The molecular formula is C16H19ClFNO5. The Kier molecular flexibility index (Phi) is 5.95. The maximum atomic E-state index is 12.9. The molecule has 1 heterocycles. The summed E-state index contributed by atoms with van der Waals surface area (Å²) in [6.07, 6.45) is 8.03. The second-order valence-electron chi connectivity index (χ2n) is 5.77. The monoisotopic (exact) mass is 359 g/mol. The van der Waals surface area contributed by atoms with Crippen molar-refractivity contribution in [3.63, 3.8) is 0 Å². The van der Waals surface area contributed by atoms with E-state index in [1.807, 2.05) is 17.0 Å². The standard InChI is InChI=1S/C16H19FNO.ClHO4/c1-2-16(10-3-4-11-16)18-12-9-15(19-18)13-5-7-14(17)8-6-13;2-1(3,4)5/h5-9,12H,2-4,10-11H2,1H3;(H,2,3,4,5)/q+1;/p-1. The van der Waals surface area contributed by atoms with Crippen molar-refractivity contribution in [2.45, 2.75) is 44.6 Å². The highest BCUT2D eigenvalue weighted by atomic mass is 35.7. The van der Waals surface area contributed by atoms with Gasteiger partial charge >= 0.3 is 0 Å². The molecule has 1 aliphatic carbocycles. The summed E-state index contributed by atoms with van der Waals surface area (Å²) in [4.78, 5) is 0. The molecule has 2 aromatic rings. The molecule has 0 bridgehead atoms.